The molecule has 0 aromatic heterocycles. The first-order valence-electron chi connectivity index (χ1n) is 25.0. The van der Waals surface area contributed by atoms with Crippen molar-refractivity contribution < 1.29 is 0 Å². The number of para-hydroxylation sites is 3. The highest BCUT2D eigenvalue weighted by molar-refractivity contribution is 6.22. The van der Waals surface area contributed by atoms with Crippen LogP contribution >= 0.6 is 0 Å². The molecule has 0 aliphatic heterocycles. The van der Waals surface area contributed by atoms with E-state index < -0.39 is 0 Å². The summed E-state index contributed by atoms with van der Waals surface area (Å²) in [4.78, 5) is 6.97. The van der Waals surface area contributed by atoms with Crippen LogP contribution in [0.4, 0.5) is 28.4 Å². The van der Waals surface area contributed by atoms with Crippen LogP contribution in [0.5, 0.6) is 0 Å². The van der Waals surface area contributed by atoms with Gasteiger partial charge in [-0.25, -0.2) is 0 Å². The first-order valence-corrected chi connectivity index (χ1v) is 25.0. The highest BCUT2D eigenvalue weighted by atomic mass is 15.2. The van der Waals surface area contributed by atoms with E-state index in [1.54, 1.807) is 0 Å². The number of anilines is 5. The van der Waals surface area contributed by atoms with Gasteiger partial charge in [0.1, 0.15) is 0 Å². The lowest BCUT2D eigenvalue weighted by Crippen LogP contribution is -2.20. The Kier molecular flexibility index (Phi) is 12.8. The van der Waals surface area contributed by atoms with Gasteiger partial charge in [-0.2, -0.15) is 0 Å². The number of hydrogen-bond acceptors (Lipinski definition) is 3. The van der Waals surface area contributed by atoms with E-state index in [0.717, 1.165) is 63.7 Å². The Morgan fingerprint density at radius 3 is 1.39 bits per heavy atom. The van der Waals surface area contributed by atoms with Crippen LogP contribution in [0.15, 0.2) is 261 Å². The second-order valence-corrected chi connectivity index (χ2v) is 18.6. The number of benzene rings is 11. The van der Waals surface area contributed by atoms with Crippen molar-refractivity contribution in [2.24, 2.45) is 0 Å². The van der Waals surface area contributed by atoms with Crippen LogP contribution in [0.3, 0.4) is 0 Å². The molecule has 0 aliphatic rings. The normalized spacial score (nSPS) is 11.2. The third kappa shape index (κ3) is 8.94. The molecule has 0 atom stereocenters. The smallest absolute Gasteiger partial charge is 0.0645 e. The zero-order chi connectivity index (χ0) is 49.0. The van der Waals surface area contributed by atoms with Gasteiger partial charge in [0.05, 0.1) is 11.4 Å². The minimum absolute atomic E-state index is 0.819. The van der Waals surface area contributed by atoms with Gasteiger partial charge in [0.15, 0.2) is 0 Å². The average molecular weight is 928 g/mol. The lowest BCUT2D eigenvalue weighted by Gasteiger charge is -2.30. The molecule has 0 spiro atoms. The molecule has 0 fully saturated rings. The maximum Gasteiger partial charge on any atom is 0.0645 e. The molecule has 11 rings (SSSR count). The van der Waals surface area contributed by atoms with Crippen molar-refractivity contribution in [2.75, 3.05) is 28.8 Å². The molecule has 0 aliphatic carbocycles. The van der Waals surface area contributed by atoms with Crippen molar-refractivity contribution in [3.8, 4) is 44.5 Å². The molecule has 0 amide bonds. The van der Waals surface area contributed by atoms with Crippen molar-refractivity contribution in [2.45, 2.75) is 19.9 Å². The van der Waals surface area contributed by atoms with E-state index in [1.165, 1.54) is 66.2 Å². The Labute approximate surface area is 424 Å². The largest absolute Gasteiger partial charge is 0.369 e. The average Bonchev–Trinajstić information content (AvgIpc) is 3.45. The van der Waals surface area contributed by atoms with E-state index in [1.807, 2.05) is 0 Å². The summed E-state index contributed by atoms with van der Waals surface area (Å²) >= 11 is 0. The first-order chi connectivity index (χ1) is 35.4. The van der Waals surface area contributed by atoms with Crippen molar-refractivity contribution in [1.82, 2.24) is 0 Å². The number of fused-ring (bicyclic) bond motifs is 2. The van der Waals surface area contributed by atoms with Crippen molar-refractivity contribution in [1.29, 1.82) is 0 Å². The number of aryl methyl sites for hydroxylation is 1. The zero-order valence-corrected chi connectivity index (χ0v) is 41.2. The summed E-state index contributed by atoms with van der Waals surface area (Å²) in [6.07, 6.45) is 0.910. The Morgan fingerprint density at radius 1 is 0.375 bits per heavy atom. The summed E-state index contributed by atoms with van der Waals surface area (Å²) in [5, 5.41) is 4.86. The van der Waals surface area contributed by atoms with Gasteiger partial charge in [-0.15, -0.1) is 0 Å². The highest BCUT2D eigenvalue weighted by Crippen LogP contribution is 2.47. The summed E-state index contributed by atoms with van der Waals surface area (Å²) in [6, 6.07) is 92.5. The third-order valence-corrected chi connectivity index (χ3v) is 14.2. The van der Waals surface area contributed by atoms with Gasteiger partial charge in [0, 0.05) is 43.4 Å². The van der Waals surface area contributed by atoms with Crippen molar-refractivity contribution in [3.63, 3.8) is 0 Å². The number of hydrogen-bond donors (Lipinski definition) is 0. The highest BCUT2D eigenvalue weighted by Gasteiger charge is 2.22. The molecular formula is C69H57N3. The van der Waals surface area contributed by atoms with Crippen LogP contribution in [0, 0.1) is 0 Å². The fourth-order valence-corrected chi connectivity index (χ4v) is 10.5. The molecular weight excluding hydrogens is 871 g/mol. The van der Waals surface area contributed by atoms with Gasteiger partial charge >= 0.3 is 0 Å². The molecule has 3 heteroatoms. The molecule has 11 aromatic carbocycles. The summed E-state index contributed by atoms with van der Waals surface area (Å²) in [5.41, 5.74) is 19.7. The summed E-state index contributed by atoms with van der Waals surface area (Å²) in [7, 11) is 4.35. The van der Waals surface area contributed by atoms with Crippen LogP contribution in [0.2, 0.25) is 0 Å². The molecule has 72 heavy (non-hydrogen) atoms. The molecule has 3 nitrogen and oxygen atoms in total. The third-order valence-electron chi connectivity index (χ3n) is 14.2. The van der Waals surface area contributed by atoms with E-state index in [4.69, 9.17) is 6.58 Å². The second-order valence-electron chi connectivity index (χ2n) is 18.6. The molecule has 0 saturated carbocycles. The fourth-order valence-electron chi connectivity index (χ4n) is 10.5. The quantitative estimate of drug-likeness (QED) is 0.101. The van der Waals surface area contributed by atoms with E-state index >= 15 is 0 Å². The Hall–Kier alpha value is -8.92. The monoisotopic (exact) mass is 927 g/mol. The topological polar surface area (TPSA) is 9.72 Å². The Bertz CT molecular complexity index is 3700. The lowest BCUT2D eigenvalue weighted by atomic mass is 9.84. The SMILES string of the molecule is C=C(c1ccccc1)N(c1cccc(-c2ccc3c(-c4ccccc4)c4cc(-c5cccc(N(C)c6ccccc6N(C)Cc6ccccc6)c5)ccc4c(-c4ccccc4)c3c2)c1)c1ccccc1CC. The maximum absolute atomic E-state index is 4.70. The van der Waals surface area contributed by atoms with E-state index in [0.29, 0.717) is 0 Å². The molecule has 0 heterocycles. The van der Waals surface area contributed by atoms with Gasteiger partial charge in [-0.3, -0.25) is 0 Å². The summed E-state index contributed by atoms with van der Waals surface area (Å²) in [5.74, 6) is 0. The predicted molar refractivity (Wildman–Crippen MR) is 310 cm³/mol. The zero-order valence-electron chi connectivity index (χ0n) is 41.2. The molecule has 0 bridgehead atoms. The van der Waals surface area contributed by atoms with Gasteiger partial charge in [-0.1, -0.05) is 214 Å². The van der Waals surface area contributed by atoms with Crippen LogP contribution in [0.25, 0.3) is 71.7 Å². The van der Waals surface area contributed by atoms with Crippen molar-refractivity contribution >= 4 is 55.7 Å². The molecule has 348 valence electrons. The van der Waals surface area contributed by atoms with Crippen LogP contribution < -0.4 is 14.7 Å². The molecule has 11 aromatic rings. The fraction of sp³-hybridized carbons (Fsp3) is 0.0725. The maximum atomic E-state index is 4.70. The predicted octanol–water partition coefficient (Wildman–Crippen LogP) is 18.4. The summed E-state index contributed by atoms with van der Waals surface area (Å²) < 4.78 is 0. The van der Waals surface area contributed by atoms with Crippen LogP contribution in [-0.4, -0.2) is 14.1 Å². The number of rotatable bonds is 14. The van der Waals surface area contributed by atoms with Gasteiger partial charge in [0.2, 0.25) is 0 Å². The molecule has 0 N–H and O–H groups in total. The first kappa shape index (κ1) is 45.5. The summed E-state index contributed by atoms with van der Waals surface area (Å²) in [6.45, 7) is 7.74. The van der Waals surface area contributed by atoms with Crippen LogP contribution in [0.1, 0.15) is 23.6 Å². The molecule has 0 unspecified atom stereocenters. The van der Waals surface area contributed by atoms with Crippen LogP contribution in [-0.2, 0) is 13.0 Å². The Morgan fingerprint density at radius 2 is 0.819 bits per heavy atom. The minimum Gasteiger partial charge on any atom is -0.369 e. The molecule has 0 radical (unpaired) electrons. The second kappa shape index (κ2) is 20.2. The van der Waals surface area contributed by atoms with E-state index in [2.05, 4.69) is 291 Å². The van der Waals surface area contributed by atoms with E-state index in [9.17, 15) is 0 Å². The Balaban J connectivity index is 1.05. The lowest BCUT2D eigenvalue weighted by molar-refractivity contribution is 0.920. The molecule has 0 saturated heterocycles. The van der Waals surface area contributed by atoms with Gasteiger partial charge in [-0.05, 0) is 144 Å². The standard InChI is InChI=1S/C69H57N3/c1-5-51-26-18-19-37-65(51)72(49(2)52-27-12-7-13-28-52)60-36-23-34-56(45-60)58-41-43-62-64(47-58)69(54-31-16-9-17-32-54)61-42-40-57(46-63(61)68(62)53-29-14-8-15-30-53)55-33-22-35-59(44-55)71(4)67-39-21-20-38-66(67)70(3)48-50-24-10-6-11-25-50/h6-47H,2,5,48H2,1,3-4H3. The minimum atomic E-state index is 0.819. The van der Waals surface area contributed by atoms with Gasteiger partial charge < -0.3 is 14.7 Å². The number of nitrogens with zero attached hydrogens (tertiary/aromatic N) is 3. The van der Waals surface area contributed by atoms with E-state index in [-0.39, 0.29) is 0 Å². The van der Waals surface area contributed by atoms with Gasteiger partial charge in [0.25, 0.3) is 0 Å². The van der Waals surface area contributed by atoms with Crippen molar-refractivity contribution in [3.05, 3.63) is 278 Å².